The van der Waals surface area contributed by atoms with Crippen molar-refractivity contribution in [3.8, 4) is 5.88 Å². The summed E-state index contributed by atoms with van der Waals surface area (Å²) < 4.78 is 6.28. The van der Waals surface area contributed by atoms with Gasteiger partial charge >= 0.3 is 0 Å². The topological polar surface area (TPSA) is 70.1 Å². The van der Waals surface area contributed by atoms with Crippen molar-refractivity contribution >= 4 is 17.3 Å². The average Bonchev–Trinajstić information content (AvgIpc) is 2.36. The lowest BCUT2D eigenvalue weighted by molar-refractivity contribution is 0.379. The number of benzene rings is 1. The van der Waals surface area contributed by atoms with Crippen molar-refractivity contribution in [3.05, 3.63) is 51.3 Å². The fourth-order valence-electron chi connectivity index (χ4n) is 1.52. The van der Waals surface area contributed by atoms with Gasteiger partial charge < -0.3 is 10.5 Å². The van der Waals surface area contributed by atoms with E-state index < -0.39 is 0 Å². The van der Waals surface area contributed by atoms with E-state index in [0.29, 0.717) is 23.1 Å². The lowest BCUT2D eigenvalue weighted by Crippen LogP contribution is -2.22. The van der Waals surface area contributed by atoms with Crippen LogP contribution < -0.4 is 16.0 Å². The molecule has 0 saturated carbocycles. The van der Waals surface area contributed by atoms with Gasteiger partial charge in [0.05, 0.1) is 24.4 Å². The van der Waals surface area contributed by atoms with Gasteiger partial charge in [-0.25, -0.2) is 4.68 Å². The zero-order valence-corrected chi connectivity index (χ0v) is 10.5. The maximum atomic E-state index is 11.6. The summed E-state index contributed by atoms with van der Waals surface area (Å²) in [5.41, 5.74) is 6.82. The molecule has 1 heterocycles. The van der Waals surface area contributed by atoms with Crippen LogP contribution >= 0.6 is 11.6 Å². The molecule has 0 amide bonds. The van der Waals surface area contributed by atoms with Crippen molar-refractivity contribution in [3.63, 3.8) is 0 Å². The number of nitrogens with two attached hydrogens (primary N) is 1. The second-order valence-corrected chi connectivity index (χ2v) is 4.13. The summed E-state index contributed by atoms with van der Waals surface area (Å²) in [6.45, 7) is 0.317. The fraction of sp³-hybridized carbons (Fsp3) is 0.167. The molecule has 0 atom stereocenters. The van der Waals surface area contributed by atoms with Crippen LogP contribution in [-0.2, 0) is 6.54 Å². The molecule has 18 heavy (non-hydrogen) atoms. The number of halogens is 1. The molecule has 0 saturated heterocycles. The van der Waals surface area contributed by atoms with Crippen LogP contribution in [0.15, 0.2) is 35.1 Å². The number of hydrogen-bond donors (Lipinski definition) is 1. The van der Waals surface area contributed by atoms with Crippen LogP contribution in [0.4, 0.5) is 5.69 Å². The van der Waals surface area contributed by atoms with E-state index in [-0.39, 0.29) is 5.56 Å². The van der Waals surface area contributed by atoms with E-state index >= 15 is 0 Å². The van der Waals surface area contributed by atoms with Crippen molar-refractivity contribution in [2.24, 2.45) is 0 Å². The Hall–Kier alpha value is -2.01. The molecule has 2 N–H and O–H groups in total. The summed E-state index contributed by atoms with van der Waals surface area (Å²) in [6, 6.07) is 8.14. The number of nitrogen functional groups attached to an aromatic ring is 1. The molecule has 1 aromatic heterocycles. The van der Waals surface area contributed by atoms with Crippen molar-refractivity contribution in [2.45, 2.75) is 6.54 Å². The molecule has 0 aliphatic heterocycles. The van der Waals surface area contributed by atoms with Gasteiger partial charge in [0, 0.05) is 12.1 Å². The van der Waals surface area contributed by atoms with Gasteiger partial charge in [-0.1, -0.05) is 17.7 Å². The molecule has 1 aromatic carbocycles. The first-order valence-corrected chi connectivity index (χ1v) is 5.64. The van der Waals surface area contributed by atoms with Gasteiger partial charge in [-0.15, -0.1) is 5.10 Å². The second kappa shape index (κ2) is 5.10. The Bertz CT molecular complexity index is 625. The van der Waals surface area contributed by atoms with Crippen LogP contribution in [0.1, 0.15) is 5.56 Å². The van der Waals surface area contributed by atoms with Gasteiger partial charge in [0.1, 0.15) is 0 Å². The normalized spacial score (nSPS) is 10.3. The van der Waals surface area contributed by atoms with E-state index in [1.807, 2.05) is 0 Å². The van der Waals surface area contributed by atoms with E-state index in [1.54, 1.807) is 18.2 Å². The van der Waals surface area contributed by atoms with Gasteiger partial charge in [0.2, 0.25) is 5.88 Å². The molecule has 2 aromatic rings. The summed E-state index contributed by atoms with van der Waals surface area (Å²) in [5.74, 6) is 0.386. The molecular formula is C12H12ClN3O2. The minimum absolute atomic E-state index is 0.204. The highest BCUT2D eigenvalue weighted by Gasteiger charge is 2.03. The lowest BCUT2D eigenvalue weighted by Gasteiger charge is -2.07. The number of ether oxygens (including phenoxy) is 1. The van der Waals surface area contributed by atoms with E-state index in [0.717, 1.165) is 5.56 Å². The summed E-state index contributed by atoms with van der Waals surface area (Å²) in [6.07, 6.45) is 0. The number of hydrogen-bond acceptors (Lipinski definition) is 4. The number of aromatic nitrogens is 2. The van der Waals surface area contributed by atoms with Crippen LogP contribution in [0.25, 0.3) is 0 Å². The maximum Gasteiger partial charge on any atom is 0.267 e. The molecule has 0 fully saturated rings. The van der Waals surface area contributed by atoms with Crippen molar-refractivity contribution in [2.75, 3.05) is 12.8 Å². The van der Waals surface area contributed by atoms with Gasteiger partial charge in [0.15, 0.2) is 0 Å². The molecule has 0 spiro atoms. The first kappa shape index (κ1) is 12.4. The number of nitrogens with zero attached hydrogens (tertiary/aromatic N) is 2. The van der Waals surface area contributed by atoms with Crippen LogP contribution in [0, 0.1) is 0 Å². The molecular weight excluding hydrogens is 254 g/mol. The Morgan fingerprint density at radius 1 is 1.39 bits per heavy atom. The first-order valence-electron chi connectivity index (χ1n) is 5.26. The number of rotatable bonds is 3. The molecule has 94 valence electrons. The Morgan fingerprint density at radius 3 is 2.83 bits per heavy atom. The van der Waals surface area contributed by atoms with Crippen molar-refractivity contribution in [1.29, 1.82) is 0 Å². The predicted molar refractivity (Wildman–Crippen MR) is 70.0 cm³/mol. The third kappa shape index (κ3) is 2.62. The summed E-state index contributed by atoms with van der Waals surface area (Å²) in [5, 5.41) is 4.54. The molecule has 0 aliphatic carbocycles. The molecule has 0 radical (unpaired) electrons. The van der Waals surface area contributed by atoms with Gasteiger partial charge in [-0.3, -0.25) is 4.79 Å². The van der Waals surface area contributed by atoms with Gasteiger partial charge in [0.25, 0.3) is 5.56 Å². The lowest BCUT2D eigenvalue weighted by atomic mass is 10.2. The smallest absolute Gasteiger partial charge is 0.267 e. The largest absolute Gasteiger partial charge is 0.480 e. The highest BCUT2D eigenvalue weighted by atomic mass is 35.5. The Balaban J connectivity index is 2.33. The Labute approximate surface area is 109 Å². The summed E-state index contributed by atoms with van der Waals surface area (Å²) >= 11 is 5.83. The van der Waals surface area contributed by atoms with E-state index in [2.05, 4.69) is 5.10 Å². The molecule has 0 bridgehead atoms. The summed E-state index contributed by atoms with van der Waals surface area (Å²) in [4.78, 5) is 11.6. The minimum Gasteiger partial charge on any atom is -0.480 e. The first-order chi connectivity index (χ1) is 8.60. The van der Waals surface area contributed by atoms with Crippen molar-refractivity contribution < 1.29 is 4.74 Å². The van der Waals surface area contributed by atoms with Gasteiger partial charge in [-0.2, -0.15) is 0 Å². The van der Waals surface area contributed by atoms with Crippen LogP contribution in [-0.4, -0.2) is 16.9 Å². The summed E-state index contributed by atoms with van der Waals surface area (Å²) in [7, 11) is 1.50. The molecule has 5 nitrogen and oxygen atoms in total. The quantitative estimate of drug-likeness (QED) is 0.855. The Morgan fingerprint density at radius 2 is 2.17 bits per heavy atom. The number of anilines is 1. The molecule has 0 aliphatic rings. The second-order valence-electron chi connectivity index (χ2n) is 3.73. The molecule has 6 heteroatoms. The van der Waals surface area contributed by atoms with Crippen LogP contribution in [0.3, 0.4) is 0 Å². The van der Waals surface area contributed by atoms with Crippen LogP contribution in [0.5, 0.6) is 5.88 Å². The molecule has 2 rings (SSSR count). The van der Waals surface area contributed by atoms with Gasteiger partial charge in [-0.05, 0) is 17.7 Å². The standard InChI is InChI=1S/C12H12ClN3O2/c1-18-11-4-5-12(17)16(15-11)7-8-2-3-9(13)10(14)6-8/h2-6H,7,14H2,1H3. The predicted octanol–water partition coefficient (Wildman–Crippen LogP) is 1.54. The minimum atomic E-state index is -0.204. The van der Waals surface area contributed by atoms with Crippen molar-refractivity contribution in [1.82, 2.24) is 9.78 Å². The highest BCUT2D eigenvalue weighted by molar-refractivity contribution is 6.33. The Kier molecular flexibility index (Phi) is 3.53. The van der Waals surface area contributed by atoms with E-state index in [1.165, 1.54) is 23.9 Å². The van der Waals surface area contributed by atoms with E-state index in [4.69, 9.17) is 22.1 Å². The third-order valence-electron chi connectivity index (χ3n) is 2.44. The van der Waals surface area contributed by atoms with Crippen LogP contribution in [0.2, 0.25) is 5.02 Å². The zero-order valence-electron chi connectivity index (χ0n) is 9.76. The highest BCUT2D eigenvalue weighted by Crippen LogP contribution is 2.19. The van der Waals surface area contributed by atoms with E-state index in [9.17, 15) is 4.79 Å². The monoisotopic (exact) mass is 265 g/mol. The fourth-order valence-corrected chi connectivity index (χ4v) is 1.63. The average molecular weight is 266 g/mol. The number of methoxy groups -OCH3 is 1. The third-order valence-corrected chi connectivity index (χ3v) is 2.79. The maximum absolute atomic E-state index is 11.6. The molecule has 0 unspecified atom stereocenters. The SMILES string of the molecule is COc1ccc(=O)n(Cc2ccc(Cl)c(N)c2)n1. The zero-order chi connectivity index (χ0) is 13.1.